The van der Waals surface area contributed by atoms with Crippen molar-refractivity contribution in [1.29, 1.82) is 0 Å². The van der Waals surface area contributed by atoms with Gasteiger partial charge in [0.2, 0.25) is 0 Å². The van der Waals surface area contributed by atoms with Crippen molar-refractivity contribution >= 4 is 29.0 Å². The molecule has 0 atom stereocenters. The van der Waals surface area contributed by atoms with Crippen molar-refractivity contribution in [3.05, 3.63) is 40.0 Å². The van der Waals surface area contributed by atoms with Gasteiger partial charge in [-0.25, -0.2) is 0 Å². The Bertz CT molecular complexity index is 478. The molecule has 16 heavy (non-hydrogen) atoms. The number of nitrogens with one attached hydrogen (secondary N) is 1. The summed E-state index contributed by atoms with van der Waals surface area (Å²) in [4.78, 5) is 0. The van der Waals surface area contributed by atoms with E-state index < -0.39 is 0 Å². The molecule has 2 rings (SSSR count). The van der Waals surface area contributed by atoms with Crippen LogP contribution in [0.1, 0.15) is 5.69 Å². The largest absolute Gasteiger partial charge is 0.484 e. The highest BCUT2D eigenvalue weighted by Gasteiger charge is 2.07. The van der Waals surface area contributed by atoms with Gasteiger partial charge in [0, 0.05) is 6.07 Å². The van der Waals surface area contributed by atoms with Gasteiger partial charge in [0.25, 0.3) is 0 Å². The number of rotatable bonds is 3. The van der Waals surface area contributed by atoms with E-state index in [1.807, 2.05) is 0 Å². The van der Waals surface area contributed by atoms with Gasteiger partial charge in [-0.2, -0.15) is 5.10 Å². The van der Waals surface area contributed by atoms with E-state index in [1.165, 1.54) is 0 Å². The number of hydrogen-bond acceptors (Lipinski definition) is 3. The summed E-state index contributed by atoms with van der Waals surface area (Å²) in [6.45, 7) is 0.285. The maximum atomic E-state index is 5.94. The highest BCUT2D eigenvalue weighted by atomic mass is 35.5. The van der Waals surface area contributed by atoms with Crippen molar-refractivity contribution in [1.82, 2.24) is 10.2 Å². The first-order chi connectivity index (χ1) is 7.66. The van der Waals surface area contributed by atoms with Gasteiger partial charge in [-0.05, 0) is 12.1 Å². The average molecular weight is 258 g/mol. The van der Waals surface area contributed by atoms with Crippen molar-refractivity contribution < 1.29 is 4.74 Å². The predicted molar refractivity (Wildman–Crippen MR) is 63.8 cm³/mol. The minimum atomic E-state index is 0.285. The van der Waals surface area contributed by atoms with Crippen LogP contribution in [0.3, 0.4) is 0 Å². The van der Waals surface area contributed by atoms with Crippen LogP contribution in [0.4, 0.5) is 5.82 Å². The number of nitrogens with zero attached hydrogens (tertiary/aromatic N) is 1. The lowest BCUT2D eigenvalue weighted by atomic mass is 10.3. The minimum Gasteiger partial charge on any atom is -0.484 e. The van der Waals surface area contributed by atoms with Gasteiger partial charge in [0.15, 0.2) is 5.75 Å². The lowest BCUT2D eigenvalue weighted by molar-refractivity contribution is 0.301. The van der Waals surface area contributed by atoms with Crippen LogP contribution in [0.5, 0.6) is 5.75 Å². The number of nitrogens with two attached hydrogens (primary N) is 1. The average Bonchev–Trinajstić information content (AvgIpc) is 2.63. The van der Waals surface area contributed by atoms with Gasteiger partial charge >= 0.3 is 0 Å². The maximum Gasteiger partial charge on any atom is 0.157 e. The zero-order chi connectivity index (χ0) is 11.5. The number of H-pyrrole nitrogens is 1. The predicted octanol–water partition coefficient (Wildman–Crippen LogP) is 2.88. The first-order valence-electron chi connectivity index (χ1n) is 4.53. The first kappa shape index (κ1) is 11.1. The molecule has 0 unspecified atom stereocenters. The summed E-state index contributed by atoms with van der Waals surface area (Å²) in [7, 11) is 0. The van der Waals surface area contributed by atoms with Crippen LogP contribution in [-0.2, 0) is 6.61 Å². The van der Waals surface area contributed by atoms with Gasteiger partial charge in [-0.15, -0.1) is 0 Å². The Balaban J connectivity index is 2.10. The maximum absolute atomic E-state index is 5.94. The lowest BCUT2D eigenvalue weighted by Crippen LogP contribution is -1.96. The van der Waals surface area contributed by atoms with E-state index in [2.05, 4.69) is 10.2 Å². The summed E-state index contributed by atoms with van der Waals surface area (Å²) in [6.07, 6.45) is 0. The third kappa shape index (κ3) is 2.40. The van der Waals surface area contributed by atoms with E-state index in [4.69, 9.17) is 33.7 Å². The number of nitrogen functional groups attached to an aromatic ring is 1. The number of ether oxygens (including phenoxy) is 1. The number of para-hydroxylation sites is 1. The fourth-order valence-electron chi connectivity index (χ4n) is 1.22. The van der Waals surface area contributed by atoms with Crippen LogP contribution in [-0.4, -0.2) is 10.2 Å². The van der Waals surface area contributed by atoms with E-state index in [0.29, 0.717) is 21.6 Å². The SMILES string of the molecule is Nc1cc(COc2c(Cl)cccc2Cl)[nH]n1. The normalized spacial score (nSPS) is 10.4. The lowest BCUT2D eigenvalue weighted by Gasteiger charge is -2.08. The summed E-state index contributed by atoms with van der Waals surface area (Å²) in [5.74, 6) is 0.878. The molecule has 0 aliphatic rings. The molecule has 2 aromatic rings. The molecule has 84 valence electrons. The first-order valence-corrected chi connectivity index (χ1v) is 5.29. The molecule has 0 aliphatic heterocycles. The van der Waals surface area contributed by atoms with E-state index in [0.717, 1.165) is 5.69 Å². The molecule has 4 nitrogen and oxygen atoms in total. The second-order valence-corrected chi connectivity index (χ2v) is 3.97. The number of hydrogen-bond donors (Lipinski definition) is 2. The molecular formula is C10H9Cl2N3O. The van der Waals surface area contributed by atoms with E-state index >= 15 is 0 Å². The fourth-order valence-corrected chi connectivity index (χ4v) is 1.73. The van der Waals surface area contributed by atoms with E-state index in [1.54, 1.807) is 24.3 Å². The van der Waals surface area contributed by atoms with Crippen LogP contribution < -0.4 is 10.5 Å². The highest BCUT2D eigenvalue weighted by molar-refractivity contribution is 6.37. The highest BCUT2D eigenvalue weighted by Crippen LogP contribution is 2.32. The number of benzene rings is 1. The molecule has 1 aromatic heterocycles. The molecule has 0 amide bonds. The summed E-state index contributed by atoms with van der Waals surface area (Å²) in [6, 6.07) is 6.87. The van der Waals surface area contributed by atoms with Crippen molar-refractivity contribution in [2.45, 2.75) is 6.61 Å². The number of aromatic nitrogens is 2. The van der Waals surface area contributed by atoms with Crippen LogP contribution in [0.15, 0.2) is 24.3 Å². The Morgan fingerprint density at radius 1 is 1.31 bits per heavy atom. The van der Waals surface area contributed by atoms with Crippen molar-refractivity contribution in [2.75, 3.05) is 5.73 Å². The molecule has 0 aliphatic carbocycles. The van der Waals surface area contributed by atoms with E-state index in [9.17, 15) is 0 Å². The molecule has 1 aromatic carbocycles. The molecule has 6 heteroatoms. The Morgan fingerprint density at radius 2 is 2.00 bits per heavy atom. The summed E-state index contributed by atoms with van der Waals surface area (Å²) in [5, 5.41) is 7.45. The molecule has 0 radical (unpaired) electrons. The standard InChI is InChI=1S/C10H9Cl2N3O/c11-7-2-1-3-8(12)10(7)16-5-6-4-9(13)15-14-6/h1-4H,5H2,(H3,13,14,15). The zero-order valence-electron chi connectivity index (χ0n) is 8.21. The molecule has 0 saturated heterocycles. The Kier molecular flexibility index (Phi) is 3.22. The molecule has 0 fully saturated rings. The Morgan fingerprint density at radius 3 is 2.56 bits per heavy atom. The smallest absolute Gasteiger partial charge is 0.157 e. The summed E-state index contributed by atoms with van der Waals surface area (Å²) in [5.41, 5.74) is 6.22. The van der Waals surface area contributed by atoms with E-state index in [-0.39, 0.29) is 6.61 Å². The van der Waals surface area contributed by atoms with Crippen LogP contribution in [0.2, 0.25) is 10.0 Å². The molecule has 0 bridgehead atoms. The molecule has 0 spiro atoms. The van der Waals surface area contributed by atoms with Crippen LogP contribution >= 0.6 is 23.2 Å². The van der Waals surface area contributed by atoms with Gasteiger partial charge in [0.05, 0.1) is 15.7 Å². The summed E-state index contributed by atoms with van der Waals surface area (Å²) >= 11 is 11.9. The second kappa shape index (κ2) is 4.63. The quantitative estimate of drug-likeness (QED) is 0.889. The minimum absolute atomic E-state index is 0.285. The van der Waals surface area contributed by atoms with Crippen molar-refractivity contribution in [3.63, 3.8) is 0 Å². The Hall–Kier alpha value is -1.39. The molecule has 1 heterocycles. The third-order valence-corrected chi connectivity index (χ3v) is 2.54. The number of halogens is 2. The van der Waals surface area contributed by atoms with Gasteiger partial charge in [0.1, 0.15) is 12.4 Å². The van der Waals surface area contributed by atoms with Crippen LogP contribution in [0, 0.1) is 0 Å². The van der Waals surface area contributed by atoms with Crippen molar-refractivity contribution in [2.24, 2.45) is 0 Å². The van der Waals surface area contributed by atoms with Gasteiger partial charge in [-0.3, -0.25) is 5.10 Å². The van der Waals surface area contributed by atoms with Crippen LogP contribution in [0.25, 0.3) is 0 Å². The number of anilines is 1. The molecule has 0 saturated carbocycles. The summed E-state index contributed by atoms with van der Waals surface area (Å²) < 4.78 is 5.48. The fraction of sp³-hybridized carbons (Fsp3) is 0.100. The van der Waals surface area contributed by atoms with Gasteiger partial charge in [-0.1, -0.05) is 29.3 Å². The molecular weight excluding hydrogens is 249 g/mol. The molecule has 3 N–H and O–H groups in total. The van der Waals surface area contributed by atoms with Crippen molar-refractivity contribution in [3.8, 4) is 5.75 Å². The van der Waals surface area contributed by atoms with Gasteiger partial charge < -0.3 is 10.5 Å². The second-order valence-electron chi connectivity index (χ2n) is 3.16. The Labute approximate surface area is 102 Å². The zero-order valence-corrected chi connectivity index (χ0v) is 9.72. The monoisotopic (exact) mass is 257 g/mol. The third-order valence-electron chi connectivity index (χ3n) is 1.94. The number of aromatic amines is 1. The topological polar surface area (TPSA) is 63.9 Å².